The number of ether oxygens (including phenoxy) is 2. The Labute approximate surface area is 114 Å². The van der Waals surface area contributed by atoms with Gasteiger partial charge in [0.25, 0.3) is 0 Å². The highest BCUT2D eigenvalue weighted by Crippen LogP contribution is 2.30. The number of rotatable bonds is 8. The van der Waals surface area contributed by atoms with Gasteiger partial charge < -0.3 is 25.6 Å². The fraction of sp³-hybridized carbons (Fsp3) is 0.500. The van der Waals surface area contributed by atoms with Crippen LogP contribution in [0.1, 0.15) is 6.42 Å². The maximum absolute atomic E-state index is 13.4. The second-order valence-electron chi connectivity index (χ2n) is 4.06. The molecule has 0 spiro atoms. The summed E-state index contributed by atoms with van der Waals surface area (Å²) in [6.45, 7) is -2.96. The van der Waals surface area contributed by atoms with Crippen molar-refractivity contribution in [2.45, 2.75) is 19.1 Å². The van der Waals surface area contributed by atoms with Crippen LogP contribution in [-0.2, 0) is 4.74 Å². The molecule has 20 heavy (non-hydrogen) atoms. The lowest BCUT2D eigenvalue weighted by molar-refractivity contribution is -0.0521. The van der Waals surface area contributed by atoms with Gasteiger partial charge in [0.15, 0.2) is 11.6 Å². The second kappa shape index (κ2) is 7.81. The summed E-state index contributed by atoms with van der Waals surface area (Å²) in [6.07, 6.45) is 0.357. The fourth-order valence-corrected chi connectivity index (χ4v) is 1.65. The van der Waals surface area contributed by atoms with Gasteiger partial charge in [-0.05, 0) is 6.42 Å². The highest BCUT2D eigenvalue weighted by atomic mass is 19.3. The standard InChI is InChI=1S/C12H17F3N2O3/c1-19-6-7(2-3-18)17-10-5-11(20-12(14)15)8(13)4-9(10)16/h4-5,7,12,17-18H,2-3,6,16H2,1H3. The summed E-state index contributed by atoms with van der Waals surface area (Å²) in [5.74, 6) is -1.57. The number of methoxy groups -OCH3 is 1. The molecule has 0 heterocycles. The lowest BCUT2D eigenvalue weighted by atomic mass is 10.2. The van der Waals surface area contributed by atoms with Crippen molar-refractivity contribution >= 4 is 11.4 Å². The van der Waals surface area contributed by atoms with Crippen molar-refractivity contribution in [2.75, 3.05) is 31.4 Å². The first-order valence-electron chi connectivity index (χ1n) is 5.88. The Balaban J connectivity index is 2.92. The monoisotopic (exact) mass is 294 g/mol. The quantitative estimate of drug-likeness (QED) is 0.638. The summed E-state index contributed by atoms with van der Waals surface area (Å²) < 4.78 is 46.7. The van der Waals surface area contributed by atoms with Crippen molar-refractivity contribution in [1.82, 2.24) is 0 Å². The van der Waals surface area contributed by atoms with Crippen LogP contribution < -0.4 is 15.8 Å². The minimum atomic E-state index is -3.13. The second-order valence-corrected chi connectivity index (χ2v) is 4.06. The molecule has 5 nitrogen and oxygen atoms in total. The average Bonchev–Trinajstić information content (AvgIpc) is 2.35. The van der Waals surface area contributed by atoms with Crippen molar-refractivity contribution in [3.63, 3.8) is 0 Å². The molecule has 4 N–H and O–H groups in total. The van der Waals surface area contributed by atoms with Crippen molar-refractivity contribution in [1.29, 1.82) is 0 Å². The molecule has 0 saturated heterocycles. The van der Waals surface area contributed by atoms with Crippen LogP contribution >= 0.6 is 0 Å². The third-order valence-electron chi connectivity index (χ3n) is 2.53. The number of alkyl halides is 2. The molecule has 0 aliphatic carbocycles. The minimum absolute atomic E-state index is 0.0446. The van der Waals surface area contributed by atoms with Crippen LogP contribution in [0.5, 0.6) is 5.75 Å². The van der Waals surface area contributed by atoms with Gasteiger partial charge >= 0.3 is 6.61 Å². The zero-order valence-electron chi connectivity index (χ0n) is 10.9. The molecule has 1 atom stereocenters. The Bertz CT molecular complexity index is 427. The first-order chi connectivity index (χ1) is 9.47. The van der Waals surface area contributed by atoms with Gasteiger partial charge in [0.2, 0.25) is 0 Å². The molecule has 1 aromatic rings. The average molecular weight is 294 g/mol. The Morgan fingerprint density at radius 3 is 2.65 bits per heavy atom. The van der Waals surface area contributed by atoms with Crippen molar-refractivity contribution < 1.29 is 27.8 Å². The van der Waals surface area contributed by atoms with E-state index in [1.54, 1.807) is 0 Å². The van der Waals surface area contributed by atoms with E-state index in [0.29, 0.717) is 6.42 Å². The smallest absolute Gasteiger partial charge is 0.387 e. The van der Waals surface area contributed by atoms with Crippen molar-refractivity contribution in [3.8, 4) is 5.75 Å². The lowest BCUT2D eigenvalue weighted by Crippen LogP contribution is -2.26. The molecular weight excluding hydrogens is 277 g/mol. The van der Waals surface area contributed by atoms with E-state index >= 15 is 0 Å². The number of benzene rings is 1. The molecule has 0 aromatic heterocycles. The first kappa shape index (κ1) is 16.4. The Morgan fingerprint density at radius 1 is 1.40 bits per heavy atom. The number of nitrogens with two attached hydrogens (primary N) is 1. The van der Waals surface area contributed by atoms with Gasteiger partial charge in [-0.25, -0.2) is 4.39 Å². The highest BCUT2D eigenvalue weighted by Gasteiger charge is 2.15. The number of hydrogen-bond acceptors (Lipinski definition) is 5. The predicted molar refractivity (Wildman–Crippen MR) is 68.4 cm³/mol. The SMILES string of the molecule is COCC(CCO)Nc1cc(OC(F)F)c(F)cc1N. The van der Waals surface area contributed by atoms with Gasteiger partial charge in [-0.1, -0.05) is 0 Å². The zero-order valence-corrected chi connectivity index (χ0v) is 10.9. The summed E-state index contributed by atoms with van der Waals surface area (Å²) in [5.41, 5.74) is 5.89. The largest absolute Gasteiger partial charge is 0.432 e. The fourth-order valence-electron chi connectivity index (χ4n) is 1.65. The molecule has 0 bridgehead atoms. The maximum atomic E-state index is 13.4. The van der Waals surface area contributed by atoms with E-state index < -0.39 is 18.2 Å². The molecule has 0 radical (unpaired) electrons. The lowest BCUT2D eigenvalue weighted by Gasteiger charge is -2.20. The highest BCUT2D eigenvalue weighted by molar-refractivity contribution is 5.69. The normalized spacial score (nSPS) is 12.5. The van der Waals surface area contributed by atoms with Gasteiger partial charge in [-0.3, -0.25) is 0 Å². The molecule has 0 aliphatic rings. The molecule has 0 fully saturated rings. The van der Waals surface area contributed by atoms with E-state index in [2.05, 4.69) is 10.1 Å². The third kappa shape index (κ3) is 4.78. The van der Waals surface area contributed by atoms with E-state index in [-0.39, 0.29) is 30.6 Å². The van der Waals surface area contributed by atoms with Crippen LogP contribution in [0.25, 0.3) is 0 Å². The molecule has 0 amide bonds. The Hall–Kier alpha value is -1.67. The third-order valence-corrected chi connectivity index (χ3v) is 2.53. The van der Waals surface area contributed by atoms with Crippen molar-refractivity contribution in [2.24, 2.45) is 0 Å². The summed E-state index contributed by atoms with van der Waals surface area (Å²) in [7, 11) is 1.48. The van der Waals surface area contributed by atoms with Gasteiger partial charge in [-0.15, -0.1) is 0 Å². The number of aliphatic hydroxyl groups is 1. The van der Waals surface area contributed by atoms with Crippen molar-refractivity contribution in [3.05, 3.63) is 17.9 Å². The molecule has 0 aliphatic heterocycles. The molecule has 1 rings (SSSR count). The van der Waals surface area contributed by atoms with Crippen LogP contribution in [0.3, 0.4) is 0 Å². The first-order valence-corrected chi connectivity index (χ1v) is 5.88. The zero-order chi connectivity index (χ0) is 15.1. The van der Waals surface area contributed by atoms with Gasteiger partial charge in [0, 0.05) is 25.8 Å². The Morgan fingerprint density at radius 2 is 2.10 bits per heavy atom. The molecule has 1 aromatic carbocycles. The van der Waals surface area contributed by atoms with Crippen LogP contribution in [0.15, 0.2) is 12.1 Å². The number of aliphatic hydroxyl groups excluding tert-OH is 1. The molecule has 1 unspecified atom stereocenters. The van der Waals surface area contributed by atoms with Crippen LogP contribution in [0.4, 0.5) is 24.5 Å². The molecule has 8 heteroatoms. The number of hydrogen-bond donors (Lipinski definition) is 3. The topological polar surface area (TPSA) is 76.7 Å². The van der Waals surface area contributed by atoms with E-state index in [4.69, 9.17) is 15.6 Å². The Kier molecular flexibility index (Phi) is 6.40. The number of nitrogens with one attached hydrogen (secondary N) is 1. The molecular formula is C12H17F3N2O3. The summed E-state index contributed by atoms with van der Waals surface area (Å²) >= 11 is 0. The van der Waals surface area contributed by atoms with Gasteiger partial charge in [-0.2, -0.15) is 8.78 Å². The van der Waals surface area contributed by atoms with Crippen LogP contribution in [-0.4, -0.2) is 38.1 Å². The summed E-state index contributed by atoms with van der Waals surface area (Å²) in [4.78, 5) is 0. The van der Waals surface area contributed by atoms with Crippen LogP contribution in [0.2, 0.25) is 0 Å². The summed E-state index contributed by atoms with van der Waals surface area (Å²) in [6, 6.07) is 1.65. The predicted octanol–water partition coefficient (Wildman–Crippen LogP) is 1.82. The van der Waals surface area contributed by atoms with E-state index in [1.807, 2.05) is 0 Å². The molecule has 114 valence electrons. The number of anilines is 2. The summed E-state index contributed by atoms with van der Waals surface area (Å²) in [5, 5.41) is 11.8. The number of halogens is 3. The maximum Gasteiger partial charge on any atom is 0.387 e. The van der Waals surface area contributed by atoms with E-state index in [1.165, 1.54) is 7.11 Å². The minimum Gasteiger partial charge on any atom is -0.432 e. The van der Waals surface area contributed by atoms with E-state index in [0.717, 1.165) is 12.1 Å². The van der Waals surface area contributed by atoms with Gasteiger partial charge in [0.05, 0.1) is 24.0 Å². The van der Waals surface area contributed by atoms with Crippen LogP contribution in [0, 0.1) is 5.82 Å². The molecule has 0 saturated carbocycles. The number of nitrogen functional groups attached to an aromatic ring is 1. The van der Waals surface area contributed by atoms with E-state index in [9.17, 15) is 13.2 Å². The van der Waals surface area contributed by atoms with Gasteiger partial charge in [0.1, 0.15) is 0 Å².